The molecule has 1 N–H and O–H groups in total. The van der Waals surface area contributed by atoms with E-state index in [-0.39, 0.29) is 11.9 Å². The summed E-state index contributed by atoms with van der Waals surface area (Å²) in [6.07, 6.45) is 2.27. The SMILES string of the molecule is CCN(Cc1ccc(N(C)C)cc1)[C@H](C)C(=O)NC1CC1. The van der Waals surface area contributed by atoms with Crippen LogP contribution in [-0.4, -0.2) is 43.5 Å². The highest BCUT2D eigenvalue weighted by Crippen LogP contribution is 2.19. The predicted molar refractivity (Wildman–Crippen MR) is 87.5 cm³/mol. The summed E-state index contributed by atoms with van der Waals surface area (Å²) in [7, 11) is 4.08. The van der Waals surface area contributed by atoms with Gasteiger partial charge in [-0.05, 0) is 44.0 Å². The lowest BCUT2D eigenvalue weighted by atomic mass is 10.1. The number of hydrogen-bond acceptors (Lipinski definition) is 3. The van der Waals surface area contributed by atoms with Crippen LogP contribution in [-0.2, 0) is 11.3 Å². The highest BCUT2D eigenvalue weighted by Gasteiger charge is 2.27. The van der Waals surface area contributed by atoms with Crippen molar-refractivity contribution in [2.45, 2.75) is 45.3 Å². The summed E-state index contributed by atoms with van der Waals surface area (Å²) in [6.45, 7) is 5.78. The van der Waals surface area contributed by atoms with Crippen molar-refractivity contribution in [3.63, 3.8) is 0 Å². The molecule has 0 radical (unpaired) electrons. The van der Waals surface area contributed by atoms with Crippen LogP contribution >= 0.6 is 0 Å². The summed E-state index contributed by atoms with van der Waals surface area (Å²) in [4.78, 5) is 16.5. The molecule has 4 heteroatoms. The largest absolute Gasteiger partial charge is 0.378 e. The molecule has 0 spiro atoms. The first-order valence-corrected chi connectivity index (χ1v) is 7.82. The molecule has 1 aromatic rings. The van der Waals surface area contributed by atoms with Crippen LogP contribution in [0.4, 0.5) is 5.69 Å². The molecule has 0 aliphatic heterocycles. The molecule has 1 atom stereocenters. The number of anilines is 1. The third-order valence-corrected chi connectivity index (χ3v) is 4.10. The van der Waals surface area contributed by atoms with E-state index >= 15 is 0 Å². The fraction of sp³-hybridized carbons (Fsp3) is 0.588. The molecule has 0 heterocycles. The normalized spacial score (nSPS) is 15.9. The van der Waals surface area contributed by atoms with E-state index in [1.165, 1.54) is 11.3 Å². The predicted octanol–water partition coefficient (Wildman–Crippen LogP) is 2.24. The lowest BCUT2D eigenvalue weighted by molar-refractivity contribution is -0.126. The van der Waals surface area contributed by atoms with Gasteiger partial charge in [-0.15, -0.1) is 0 Å². The second-order valence-electron chi connectivity index (χ2n) is 6.08. The van der Waals surface area contributed by atoms with Crippen molar-refractivity contribution < 1.29 is 4.79 Å². The van der Waals surface area contributed by atoms with E-state index in [1.807, 2.05) is 21.0 Å². The quantitative estimate of drug-likeness (QED) is 0.836. The Balaban J connectivity index is 1.95. The number of carbonyl (C=O) groups excluding carboxylic acids is 1. The van der Waals surface area contributed by atoms with Gasteiger partial charge in [0.2, 0.25) is 5.91 Å². The molecule has 0 saturated heterocycles. The first-order chi connectivity index (χ1) is 10.0. The van der Waals surface area contributed by atoms with Crippen molar-refractivity contribution in [2.24, 2.45) is 0 Å². The van der Waals surface area contributed by atoms with Gasteiger partial charge in [-0.2, -0.15) is 0 Å². The maximum Gasteiger partial charge on any atom is 0.237 e. The van der Waals surface area contributed by atoms with Crippen LogP contribution in [0.3, 0.4) is 0 Å². The summed E-state index contributed by atoms with van der Waals surface area (Å²) in [5.74, 6) is 0.157. The topological polar surface area (TPSA) is 35.6 Å². The fourth-order valence-corrected chi connectivity index (χ4v) is 2.37. The van der Waals surface area contributed by atoms with Gasteiger partial charge in [-0.3, -0.25) is 9.69 Å². The molecular weight excluding hydrogens is 262 g/mol. The summed E-state index contributed by atoms with van der Waals surface area (Å²) in [5.41, 5.74) is 2.44. The molecule has 1 fully saturated rings. The lowest BCUT2D eigenvalue weighted by Gasteiger charge is -2.27. The number of nitrogens with one attached hydrogen (secondary N) is 1. The van der Waals surface area contributed by atoms with E-state index in [1.54, 1.807) is 0 Å². The van der Waals surface area contributed by atoms with E-state index < -0.39 is 0 Å². The zero-order valence-corrected chi connectivity index (χ0v) is 13.6. The number of amides is 1. The highest BCUT2D eigenvalue weighted by molar-refractivity contribution is 5.81. The molecule has 0 unspecified atom stereocenters. The Morgan fingerprint density at radius 2 is 1.90 bits per heavy atom. The van der Waals surface area contributed by atoms with Crippen molar-refractivity contribution in [3.8, 4) is 0 Å². The average Bonchev–Trinajstić information content (AvgIpc) is 3.28. The number of hydrogen-bond donors (Lipinski definition) is 1. The van der Waals surface area contributed by atoms with Crippen molar-refractivity contribution >= 4 is 11.6 Å². The fourth-order valence-electron chi connectivity index (χ4n) is 2.37. The molecule has 1 saturated carbocycles. The third kappa shape index (κ3) is 4.46. The molecule has 1 aromatic carbocycles. The van der Waals surface area contributed by atoms with Crippen LogP contribution in [0, 0.1) is 0 Å². The van der Waals surface area contributed by atoms with Crippen LogP contribution in [0.2, 0.25) is 0 Å². The summed E-state index contributed by atoms with van der Waals surface area (Å²) in [5, 5.41) is 3.09. The molecular formula is C17H27N3O. The standard InChI is InChI=1S/C17H27N3O/c1-5-20(13(2)17(21)18-15-8-9-15)12-14-6-10-16(11-7-14)19(3)4/h6-7,10-11,13,15H,5,8-9,12H2,1-4H3,(H,18,21)/t13-/m1/s1. The minimum atomic E-state index is -0.0795. The van der Waals surface area contributed by atoms with Gasteiger partial charge in [-0.25, -0.2) is 0 Å². The van der Waals surface area contributed by atoms with Crippen molar-refractivity contribution in [2.75, 3.05) is 25.5 Å². The van der Waals surface area contributed by atoms with Crippen molar-refractivity contribution in [1.82, 2.24) is 10.2 Å². The molecule has 21 heavy (non-hydrogen) atoms. The molecule has 0 bridgehead atoms. The Labute approximate surface area is 128 Å². The first-order valence-electron chi connectivity index (χ1n) is 7.82. The number of rotatable bonds is 7. The smallest absolute Gasteiger partial charge is 0.237 e. The monoisotopic (exact) mass is 289 g/mol. The summed E-state index contributed by atoms with van der Waals surface area (Å²) < 4.78 is 0. The molecule has 1 amide bonds. The Morgan fingerprint density at radius 1 is 1.29 bits per heavy atom. The second kappa shape index (κ2) is 6.94. The van der Waals surface area contributed by atoms with Gasteiger partial charge in [0.15, 0.2) is 0 Å². The Morgan fingerprint density at radius 3 is 2.38 bits per heavy atom. The maximum absolute atomic E-state index is 12.2. The van der Waals surface area contributed by atoms with E-state index in [0.717, 1.165) is 25.9 Å². The highest BCUT2D eigenvalue weighted by atomic mass is 16.2. The van der Waals surface area contributed by atoms with Gasteiger partial charge in [0.1, 0.15) is 0 Å². The van der Waals surface area contributed by atoms with Gasteiger partial charge < -0.3 is 10.2 Å². The van der Waals surface area contributed by atoms with Crippen LogP contribution in [0.1, 0.15) is 32.3 Å². The molecule has 2 rings (SSSR count). The zero-order valence-electron chi connectivity index (χ0n) is 13.6. The van der Waals surface area contributed by atoms with Crippen LogP contribution < -0.4 is 10.2 Å². The number of likely N-dealkylation sites (N-methyl/N-ethyl adjacent to an activating group) is 1. The minimum Gasteiger partial charge on any atom is -0.378 e. The lowest BCUT2D eigenvalue weighted by Crippen LogP contribution is -2.45. The summed E-state index contributed by atoms with van der Waals surface area (Å²) >= 11 is 0. The number of benzene rings is 1. The minimum absolute atomic E-state index is 0.0795. The zero-order chi connectivity index (χ0) is 15.4. The van der Waals surface area contributed by atoms with E-state index in [4.69, 9.17) is 0 Å². The first kappa shape index (κ1) is 15.8. The van der Waals surface area contributed by atoms with Gasteiger partial charge in [-0.1, -0.05) is 19.1 Å². The molecule has 1 aliphatic carbocycles. The Bertz CT molecular complexity index is 465. The van der Waals surface area contributed by atoms with Crippen LogP contribution in [0.15, 0.2) is 24.3 Å². The second-order valence-corrected chi connectivity index (χ2v) is 6.08. The Kier molecular flexibility index (Phi) is 5.23. The maximum atomic E-state index is 12.2. The summed E-state index contributed by atoms with van der Waals surface area (Å²) in [6, 6.07) is 8.88. The van der Waals surface area contributed by atoms with E-state index in [9.17, 15) is 4.79 Å². The number of carbonyl (C=O) groups is 1. The van der Waals surface area contributed by atoms with E-state index in [0.29, 0.717) is 6.04 Å². The van der Waals surface area contributed by atoms with Gasteiger partial charge in [0.05, 0.1) is 6.04 Å². The molecule has 1 aliphatic rings. The van der Waals surface area contributed by atoms with Gasteiger partial charge in [0.25, 0.3) is 0 Å². The van der Waals surface area contributed by atoms with E-state index in [2.05, 4.69) is 46.3 Å². The third-order valence-electron chi connectivity index (χ3n) is 4.10. The molecule has 4 nitrogen and oxygen atoms in total. The van der Waals surface area contributed by atoms with Crippen LogP contribution in [0.5, 0.6) is 0 Å². The van der Waals surface area contributed by atoms with Gasteiger partial charge >= 0.3 is 0 Å². The van der Waals surface area contributed by atoms with Gasteiger partial charge in [0, 0.05) is 32.4 Å². The molecule has 0 aromatic heterocycles. The van der Waals surface area contributed by atoms with Crippen molar-refractivity contribution in [3.05, 3.63) is 29.8 Å². The number of nitrogens with zero attached hydrogens (tertiary/aromatic N) is 2. The van der Waals surface area contributed by atoms with Crippen LogP contribution in [0.25, 0.3) is 0 Å². The average molecular weight is 289 g/mol. The molecule has 116 valence electrons. The van der Waals surface area contributed by atoms with Crippen molar-refractivity contribution in [1.29, 1.82) is 0 Å². The Hall–Kier alpha value is -1.55.